The fourth-order valence-corrected chi connectivity index (χ4v) is 2.61. The van der Waals surface area contributed by atoms with Gasteiger partial charge in [-0.3, -0.25) is 4.90 Å². The van der Waals surface area contributed by atoms with E-state index in [2.05, 4.69) is 25.8 Å². The highest BCUT2D eigenvalue weighted by Gasteiger charge is 2.10. The standard InChI is InChI=1S/C15H23NO2S/c1-4-19-10-9-12(2)16(3)11-13-5-7-14(8-6-13)15(17)18/h5-8,12H,4,9-11H2,1-3H3,(H,17,18). The van der Waals surface area contributed by atoms with Crippen LogP contribution in [0.3, 0.4) is 0 Å². The van der Waals surface area contributed by atoms with Crippen LogP contribution in [0.25, 0.3) is 0 Å². The fourth-order valence-electron chi connectivity index (χ4n) is 1.82. The average molecular weight is 281 g/mol. The summed E-state index contributed by atoms with van der Waals surface area (Å²) in [6.07, 6.45) is 1.18. The van der Waals surface area contributed by atoms with Crippen molar-refractivity contribution < 1.29 is 9.90 Å². The normalized spacial score (nSPS) is 12.6. The van der Waals surface area contributed by atoms with Gasteiger partial charge in [0.05, 0.1) is 5.56 Å². The third-order valence-corrected chi connectivity index (χ3v) is 4.20. The minimum Gasteiger partial charge on any atom is -0.478 e. The fraction of sp³-hybridized carbons (Fsp3) is 0.533. The molecule has 1 unspecified atom stereocenters. The number of nitrogens with zero attached hydrogens (tertiary/aromatic N) is 1. The molecule has 1 rings (SSSR count). The summed E-state index contributed by atoms with van der Waals surface area (Å²) in [5.74, 6) is 1.50. The summed E-state index contributed by atoms with van der Waals surface area (Å²) in [6, 6.07) is 7.67. The van der Waals surface area contributed by atoms with E-state index in [1.807, 2.05) is 23.9 Å². The molecule has 106 valence electrons. The molecule has 1 atom stereocenters. The largest absolute Gasteiger partial charge is 0.478 e. The van der Waals surface area contributed by atoms with Gasteiger partial charge in [-0.15, -0.1) is 0 Å². The number of rotatable bonds is 8. The van der Waals surface area contributed by atoms with E-state index in [0.29, 0.717) is 11.6 Å². The summed E-state index contributed by atoms with van der Waals surface area (Å²) in [4.78, 5) is 13.1. The van der Waals surface area contributed by atoms with E-state index in [1.54, 1.807) is 12.1 Å². The Hall–Kier alpha value is -1.00. The predicted octanol–water partition coefficient (Wildman–Crippen LogP) is 3.35. The summed E-state index contributed by atoms with van der Waals surface area (Å²) >= 11 is 1.97. The van der Waals surface area contributed by atoms with Gasteiger partial charge in [0.2, 0.25) is 0 Å². The topological polar surface area (TPSA) is 40.5 Å². The first-order valence-corrected chi connectivity index (χ1v) is 7.80. The third kappa shape index (κ3) is 5.66. The number of carboxylic acid groups (broad SMARTS) is 1. The smallest absolute Gasteiger partial charge is 0.335 e. The zero-order valence-electron chi connectivity index (χ0n) is 11.9. The van der Waals surface area contributed by atoms with Crippen LogP contribution < -0.4 is 0 Å². The molecular weight excluding hydrogens is 258 g/mol. The van der Waals surface area contributed by atoms with E-state index < -0.39 is 5.97 Å². The van der Waals surface area contributed by atoms with E-state index in [-0.39, 0.29) is 0 Å². The van der Waals surface area contributed by atoms with Gasteiger partial charge in [-0.1, -0.05) is 19.1 Å². The molecule has 1 aromatic carbocycles. The maximum Gasteiger partial charge on any atom is 0.335 e. The minimum absolute atomic E-state index is 0.346. The van der Waals surface area contributed by atoms with Crippen molar-refractivity contribution in [2.45, 2.75) is 32.9 Å². The predicted molar refractivity (Wildman–Crippen MR) is 81.9 cm³/mol. The van der Waals surface area contributed by atoms with Gasteiger partial charge in [-0.2, -0.15) is 11.8 Å². The summed E-state index contributed by atoms with van der Waals surface area (Å²) < 4.78 is 0. The van der Waals surface area contributed by atoms with E-state index in [0.717, 1.165) is 12.1 Å². The number of carboxylic acids is 1. The quantitative estimate of drug-likeness (QED) is 0.742. The molecule has 4 heteroatoms. The van der Waals surface area contributed by atoms with Crippen molar-refractivity contribution in [1.29, 1.82) is 0 Å². The Morgan fingerprint density at radius 3 is 2.53 bits per heavy atom. The Morgan fingerprint density at radius 2 is 2.00 bits per heavy atom. The summed E-state index contributed by atoms with van der Waals surface area (Å²) in [5.41, 5.74) is 1.50. The van der Waals surface area contributed by atoms with Gasteiger partial charge in [0.15, 0.2) is 0 Å². The SMILES string of the molecule is CCSCCC(C)N(C)Cc1ccc(C(=O)O)cc1. The number of aromatic carboxylic acids is 1. The van der Waals surface area contributed by atoms with Gasteiger partial charge in [0.25, 0.3) is 0 Å². The Balaban J connectivity index is 2.46. The Kier molecular flexibility index (Phi) is 6.95. The maximum atomic E-state index is 10.8. The Labute approximate surface area is 120 Å². The van der Waals surface area contributed by atoms with Gasteiger partial charge in [-0.25, -0.2) is 4.79 Å². The van der Waals surface area contributed by atoms with Crippen LogP contribution in [0.4, 0.5) is 0 Å². The number of hydrogen-bond donors (Lipinski definition) is 1. The number of benzene rings is 1. The highest BCUT2D eigenvalue weighted by Crippen LogP contribution is 2.12. The van der Waals surface area contributed by atoms with E-state index in [9.17, 15) is 4.79 Å². The third-order valence-electron chi connectivity index (χ3n) is 3.27. The highest BCUT2D eigenvalue weighted by atomic mass is 32.2. The van der Waals surface area contributed by atoms with Crippen molar-refractivity contribution in [2.24, 2.45) is 0 Å². The molecule has 0 bridgehead atoms. The van der Waals surface area contributed by atoms with Crippen LogP contribution >= 0.6 is 11.8 Å². The summed E-state index contributed by atoms with van der Waals surface area (Å²) in [7, 11) is 2.12. The minimum atomic E-state index is -0.870. The van der Waals surface area contributed by atoms with Gasteiger partial charge in [0, 0.05) is 12.6 Å². The van der Waals surface area contributed by atoms with Gasteiger partial charge in [0.1, 0.15) is 0 Å². The van der Waals surface area contributed by atoms with Crippen LogP contribution in [-0.4, -0.2) is 40.6 Å². The molecule has 0 radical (unpaired) electrons. The second-order valence-electron chi connectivity index (χ2n) is 4.75. The van der Waals surface area contributed by atoms with Crippen LogP contribution in [0.2, 0.25) is 0 Å². The first kappa shape index (κ1) is 16.1. The average Bonchev–Trinajstić information content (AvgIpc) is 2.39. The first-order chi connectivity index (χ1) is 9.04. The molecule has 1 N–H and O–H groups in total. The molecule has 3 nitrogen and oxygen atoms in total. The highest BCUT2D eigenvalue weighted by molar-refractivity contribution is 7.99. The molecule has 0 fully saturated rings. The van der Waals surface area contributed by atoms with Crippen molar-refractivity contribution in [2.75, 3.05) is 18.6 Å². The van der Waals surface area contributed by atoms with Crippen LogP contribution in [-0.2, 0) is 6.54 Å². The van der Waals surface area contributed by atoms with E-state index >= 15 is 0 Å². The monoisotopic (exact) mass is 281 g/mol. The van der Waals surface area contributed by atoms with E-state index in [4.69, 9.17) is 5.11 Å². The van der Waals surface area contributed by atoms with Gasteiger partial charge >= 0.3 is 5.97 Å². The van der Waals surface area contributed by atoms with Crippen molar-refractivity contribution in [3.05, 3.63) is 35.4 Å². The molecule has 19 heavy (non-hydrogen) atoms. The maximum absolute atomic E-state index is 10.8. The van der Waals surface area contributed by atoms with Gasteiger partial charge < -0.3 is 5.11 Å². The van der Waals surface area contributed by atoms with Gasteiger partial charge in [-0.05, 0) is 49.6 Å². The molecule has 0 aliphatic carbocycles. The Bertz CT molecular complexity index is 392. The number of hydrogen-bond acceptors (Lipinski definition) is 3. The Morgan fingerprint density at radius 1 is 1.37 bits per heavy atom. The lowest BCUT2D eigenvalue weighted by Gasteiger charge is -2.24. The molecular formula is C15H23NO2S. The molecule has 0 spiro atoms. The lowest BCUT2D eigenvalue weighted by Crippen LogP contribution is -2.29. The summed E-state index contributed by atoms with van der Waals surface area (Å²) in [5, 5.41) is 8.85. The lowest BCUT2D eigenvalue weighted by atomic mass is 10.1. The van der Waals surface area contributed by atoms with Crippen molar-refractivity contribution in [1.82, 2.24) is 4.90 Å². The second kappa shape index (κ2) is 8.23. The number of thioether (sulfide) groups is 1. The lowest BCUT2D eigenvalue weighted by molar-refractivity contribution is 0.0697. The van der Waals surface area contributed by atoms with E-state index in [1.165, 1.54) is 17.9 Å². The molecule has 0 aliphatic rings. The van der Waals surface area contributed by atoms with Crippen LogP contribution in [0.15, 0.2) is 24.3 Å². The number of carbonyl (C=O) groups is 1. The van der Waals surface area contributed by atoms with Crippen LogP contribution in [0, 0.1) is 0 Å². The first-order valence-electron chi connectivity index (χ1n) is 6.64. The van der Waals surface area contributed by atoms with Crippen molar-refractivity contribution in [3.63, 3.8) is 0 Å². The molecule has 0 aliphatic heterocycles. The molecule has 0 amide bonds. The van der Waals surface area contributed by atoms with Crippen molar-refractivity contribution in [3.8, 4) is 0 Å². The zero-order chi connectivity index (χ0) is 14.3. The summed E-state index contributed by atoms with van der Waals surface area (Å²) in [6.45, 7) is 5.28. The van der Waals surface area contributed by atoms with Crippen LogP contribution in [0.5, 0.6) is 0 Å². The molecule has 0 saturated heterocycles. The van der Waals surface area contributed by atoms with Crippen LogP contribution in [0.1, 0.15) is 36.2 Å². The van der Waals surface area contributed by atoms with Crippen molar-refractivity contribution >= 4 is 17.7 Å². The molecule has 0 heterocycles. The molecule has 0 saturated carbocycles. The second-order valence-corrected chi connectivity index (χ2v) is 6.15. The molecule has 1 aromatic rings. The molecule has 0 aromatic heterocycles. The zero-order valence-corrected chi connectivity index (χ0v) is 12.7.